The van der Waals surface area contributed by atoms with Crippen molar-refractivity contribution in [3.63, 3.8) is 0 Å². The number of hydrogen-bond donors (Lipinski definition) is 0. The van der Waals surface area contributed by atoms with Crippen LogP contribution in [0, 0.1) is 0 Å². The topological polar surface area (TPSA) is 26.3 Å². The van der Waals surface area contributed by atoms with Gasteiger partial charge in [0.1, 0.15) is 5.75 Å². The van der Waals surface area contributed by atoms with E-state index in [-0.39, 0.29) is 5.78 Å². The first-order chi connectivity index (χ1) is 9.72. The van der Waals surface area contributed by atoms with Crippen LogP contribution >= 0.6 is 11.6 Å². The van der Waals surface area contributed by atoms with E-state index in [9.17, 15) is 4.79 Å². The van der Waals surface area contributed by atoms with Crippen molar-refractivity contribution < 1.29 is 9.53 Å². The van der Waals surface area contributed by atoms with Crippen molar-refractivity contribution in [3.8, 4) is 5.75 Å². The summed E-state index contributed by atoms with van der Waals surface area (Å²) in [6, 6.07) is 3.81. The van der Waals surface area contributed by atoms with Crippen LogP contribution in [-0.2, 0) is 17.6 Å². The molecule has 1 aromatic rings. The average molecular weight is 291 g/mol. The molecule has 1 saturated carbocycles. The second-order valence-electron chi connectivity index (χ2n) is 5.66. The first-order valence-corrected chi connectivity index (χ1v) is 7.76. The van der Waals surface area contributed by atoms with Gasteiger partial charge in [0.05, 0.1) is 6.61 Å². The zero-order chi connectivity index (χ0) is 13.9. The van der Waals surface area contributed by atoms with Gasteiger partial charge in [-0.15, -0.1) is 0 Å². The van der Waals surface area contributed by atoms with E-state index < -0.39 is 0 Å². The molecule has 0 saturated heterocycles. The van der Waals surface area contributed by atoms with Crippen LogP contribution in [0.5, 0.6) is 5.75 Å². The summed E-state index contributed by atoms with van der Waals surface area (Å²) in [6.45, 7) is 0.692. The standard InChI is InChI=1S/C17H19ClO2/c18-15-9-13-6-7-20-17(13)14(10-15)11-16(19)8-12-4-2-1-3-5-12/h8-10H,1-7,11H2. The molecule has 0 bridgehead atoms. The Morgan fingerprint density at radius 3 is 2.80 bits per heavy atom. The van der Waals surface area contributed by atoms with Crippen LogP contribution in [0.4, 0.5) is 0 Å². The maximum Gasteiger partial charge on any atom is 0.160 e. The highest BCUT2D eigenvalue weighted by Gasteiger charge is 2.19. The lowest BCUT2D eigenvalue weighted by molar-refractivity contribution is -0.114. The van der Waals surface area contributed by atoms with Crippen molar-refractivity contribution in [2.24, 2.45) is 0 Å². The summed E-state index contributed by atoms with van der Waals surface area (Å²) in [5.41, 5.74) is 3.37. The molecule has 3 rings (SSSR count). The zero-order valence-corrected chi connectivity index (χ0v) is 12.3. The summed E-state index contributed by atoms with van der Waals surface area (Å²) in [5.74, 6) is 1.05. The van der Waals surface area contributed by atoms with E-state index in [1.807, 2.05) is 18.2 Å². The van der Waals surface area contributed by atoms with E-state index in [4.69, 9.17) is 16.3 Å². The SMILES string of the molecule is O=C(C=C1CCCCC1)Cc1cc(Cl)cc2c1OCC2. The number of ketones is 1. The molecule has 1 aliphatic carbocycles. The molecule has 106 valence electrons. The Hall–Kier alpha value is -1.28. The van der Waals surface area contributed by atoms with Gasteiger partial charge in [0.15, 0.2) is 5.78 Å². The van der Waals surface area contributed by atoms with Crippen molar-refractivity contribution >= 4 is 17.4 Å². The fourth-order valence-corrected chi connectivity index (χ4v) is 3.36. The number of hydrogen-bond acceptors (Lipinski definition) is 2. The van der Waals surface area contributed by atoms with Gasteiger partial charge in [-0.05, 0) is 49.5 Å². The fraction of sp³-hybridized carbons (Fsp3) is 0.471. The van der Waals surface area contributed by atoms with Gasteiger partial charge in [-0.3, -0.25) is 4.79 Å². The van der Waals surface area contributed by atoms with Gasteiger partial charge in [-0.2, -0.15) is 0 Å². The van der Waals surface area contributed by atoms with Gasteiger partial charge in [0.2, 0.25) is 0 Å². The predicted octanol–water partition coefficient (Wildman–Crippen LogP) is 4.28. The van der Waals surface area contributed by atoms with E-state index in [1.54, 1.807) is 0 Å². The maximum atomic E-state index is 12.2. The Labute approximate surface area is 124 Å². The highest BCUT2D eigenvalue weighted by molar-refractivity contribution is 6.30. The third-order valence-electron chi connectivity index (χ3n) is 4.05. The number of allylic oxidation sites excluding steroid dienone is 2. The minimum Gasteiger partial charge on any atom is -0.493 e. The number of carbonyl (C=O) groups is 1. The van der Waals surface area contributed by atoms with Gasteiger partial charge < -0.3 is 4.74 Å². The van der Waals surface area contributed by atoms with Crippen LogP contribution in [0.1, 0.15) is 43.2 Å². The lowest BCUT2D eigenvalue weighted by Gasteiger charge is -2.13. The third kappa shape index (κ3) is 3.06. The van der Waals surface area contributed by atoms with E-state index >= 15 is 0 Å². The lowest BCUT2D eigenvalue weighted by Crippen LogP contribution is -2.04. The highest BCUT2D eigenvalue weighted by Crippen LogP contribution is 2.33. The van der Waals surface area contributed by atoms with Crippen LogP contribution < -0.4 is 4.74 Å². The molecule has 1 aliphatic heterocycles. The summed E-state index contributed by atoms with van der Waals surface area (Å²) < 4.78 is 5.64. The molecular formula is C17H19ClO2. The summed E-state index contributed by atoms with van der Waals surface area (Å²) in [4.78, 5) is 12.2. The second-order valence-corrected chi connectivity index (χ2v) is 6.09. The van der Waals surface area contributed by atoms with Gasteiger partial charge in [0, 0.05) is 23.4 Å². The summed E-state index contributed by atoms with van der Waals surface area (Å²) in [6.07, 6.45) is 9.02. The monoisotopic (exact) mass is 290 g/mol. The minimum absolute atomic E-state index is 0.168. The number of halogens is 1. The molecule has 0 radical (unpaired) electrons. The molecule has 3 heteroatoms. The molecule has 2 nitrogen and oxygen atoms in total. The van der Waals surface area contributed by atoms with Crippen LogP contribution in [0.25, 0.3) is 0 Å². The molecule has 1 fully saturated rings. The average Bonchev–Trinajstić information content (AvgIpc) is 2.88. The molecular weight excluding hydrogens is 272 g/mol. The number of benzene rings is 1. The molecule has 1 aromatic carbocycles. The van der Waals surface area contributed by atoms with Gasteiger partial charge in [-0.25, -0.2) is 0 Å². The van der Waals surface area contributed by atoms with Gasteiger partial charge >= 0.3 is 0 Å². The fourth-order valence-electron chi connectivity index (χ4n) is 3.09. The normalized spacial score (nSPS) is 17.6. The zero-order valence-electron chi connectivity index (χ0n) is 11.6. The van der Waals surface area contributed by atoms with Crippen LogP contribution in [0.3, 0.4) is 0 Å². The van der Waals surface area contributed by atoms with E-state index in [0.29, 0.717) is 18.1 Å². The third-order valence-corrected chi connectivity index (χ3v) is 4.27. The number of fused-ring (bicyclic) bond motifs is 1. The Kier molecular flexibility index (Phi) is 4.11. The molecule has 0 aromatic heterocycles. The molecule has 2 aliphatic rings. The summed E-state index contributed by atoms with van der Waals surface area (Å²) in [7, 11) is 0. The Morgan fingerprint density at radius 1 is 1.20 bits per heavy atom. The van der Waals surface area contributed by atoms with Crippen molar-refractivity contribution in [3.05, 3.63) is 39.9 Å². The van der Waals surface area contributed by atoms with Crippen LogP contribution in [0.2, 0.25) is 5.02 Å². The van der Waals surface area contributed by atoms with Crippen molar-refractivity contribution in [2.45, 2.75) is 44.9 Å². The Balaban J connectivity index is 1.76. The van der Waals surface area contributed by atoms with Crippen LogP contribution in [-0.4, -0.2) is 12.4 Å². The summed E-state index contributed by atoms with van der Waals surface area (Å²) >= 11 is 6.12. The first-order valence-electron chi connectivity index (χ1n) is 7.39. The number of carbonyl (C=O) groups excluding carboxylic acids is 1. The van der Waals surface area contributed by atoms with Gasteiger partial charge in [0.25, 0.3) is 0 Å². The molecule has 0 amide bonds. The maximum absolute atomic E-state index is 12.2. The minimum atomic E-state index is 0.168. The molecule has 0 N–H and O–H groups in total. The smallest absolute Gasteiger partial charge is 0.160 e. The lowest BCUT2D eigenvalue weighted by atomic mass is 9.93. The van der Waals surface area contributed by atoms with E-state index in [0.717, 1.165) is 36.1 Å². The van der Waals surface area contributed by atoms with E-state index in [1.165, 1.54) is 24.8 Å². The van der Waals surface area contributed by atoms with Crippen molar-refractivity contribution in [1.29, 1.82) is 0 Å². The van der Waals surface area contributed by atoms with Crippen molar-refractivity contribution in [2.75, 3.05) is 6.61 Å². The van der Waals surface area contributed by atoms with Crippen molar-refractivity contribution in [1.82, 2.24) is 0 Å². The molecule has 0 unspecified atom stereocenters. The predicted molar refractivity (Wildman–Crippen MR) is 80.5 cm³/mol. The molecule has 0 atom stereocenters. The number of rotatable bonds is 3. The number of ether oxygens (including phenoxy) is 1. The van der Waals surface area contributed by atoms with Gasteiger partial charge in [-0.1, -0.05) is 23.6 Å². The van der Waals surface area contributed by atoms with E-state index in [2.05, 4.69) is 0 Å². The quantitative estimate of drug-likeness (QED) is 0.777. The largest absolute Gasteiger partial charge is 0.493 e. The Bertz CT molecular complexity index is 552. The van der Waals surface area contributed by atoms with Crippen LogP contribution in [0.15, 0.2) is 23.8 Å². The Morgan fingerprint density at radius 2 is 2.00 bits per heavy atom. The first kappa shape index (κ1) is 13.7. The molecule has 1 heterocycles. The molecule has 20 heavy (non-hydrogen) atoms. The molecule has 0 spiro atoms. The highest BCUT2D eigenvalue weighted by atomic mass is 35.5. The second kappa shape index (κ2) is 6.01. The summed E-state index contributed by atoms with van der Waals surface area (Å²) in [5, 5.41) is 0.697.